The molecule has 7 heteroatoms. The number of carbonyl (C=O) groups excluding carboxylic acids is 1. The molecular weight excluding hydrogens is 333 g/mol. The molecule has 0 aliphatic heterocycles. The number of benzene rings is 1. The Labute approximate surface area is 142 Å². The van der Waals surface area contributed by atoms with Crippen molar-refractivity contribution >= 4 is 21.6 Å². The van der Waals surface area contributed by atoms with E-state index in [0.717, 1.165) is 23.2 Å². The van der Waals surface area contributed by atoms with Crippen molar-refractivity contribution in [2.45, 2.75) is 32.6 Å². The standard InChI is InChI=1S/C17H22FNO4S/c1-3-10-24(21,22)19(17(20)11-13-6-4-5-7-13)14-8-9-16(23-2)15(18)12-14/h4,6,8-9,12-13H,3,5,7,10-11H2,1-2H3. The largest absolute Gasteiger partial charge is 0.494 e. The SMILES string of the molecule is CCCS(=O)(=O)N(C(=O)CC1C=CCC1)c1ccc(OC)c(F)c1. The summed E-state index contributed by atoms with van der Waals surface area (Å²) in [4.78, 5) is 12.6. The van der Waals surface area contributed by atoms with Crippen molar-refractivity contribution in [2.24, 2.45) is 5.92 Å². The summed E-state index contributed by atoms with van der Waals surface area (Å²) in [6, 6.07) is 3.73. The van der Waals surface area contributed by atoms with Crippen LogP contribution in [-0.2, 0) is 14.8 Å². The number of carbonyl (C=O) groups is 1. The molecule has 0 spiro atoms. The number of anilines is 1. The van der Waals surface area contributed by atoms with Crippen molar-refractivity contribution in [1.29, 1.82) is 0 Å². The van der Waals surface area contributed by atoms with E-state index in [1.54, 1.807) is 6.92 Å². The van der Waals surface area contributed by atoms with Crippen molar-refractivity contribution < 1.29 is 22.3 Å². The van der Waals surface area contributed by atoms with Gasteiger partial charge in [-0.3, -0.25) is 4.79 Å². The van der Waals surface area contributed by atoms with Crippen LogP contribution in [0.25, 0.3) is 0 Å². The van der Waals surface area contributed by atoms with Crippen molar-refractivity contribution in [3.05, 3.63) is 36.2 Å². The van der Waals surface area contributed by atoms with Crippen LogP contribution >= 0.6 is 0 Å². The third-order valence-electron chi connectivity index (χ3n) is 3.89. The first-order valence-corrected chi connectivity index (χ1v) is 9.56. The molecule has 5 nitrogen and oxygen atoms in total. The molecule has 24 heavy (non-hydrogen) atoms. The maximum absolute atomic E-state index is 14.0. The lowest BCUT2D eigenvalue weighted by Crippen LogP contribution is -2.39. The van der Waals surface area contributed by atoms with Crippen LogP contribution in [-0.4, -0.2) is 27.2 Å². The van der Waals surface area contributed by atoms with E-state index in [4.69, 9.17) is 4.74 Å². The monoisotopic (exact) mass is 355 g/mol. The molecule has 0 saturated carbocycles. The Kier molecular flexibility index (Phi) is 5.99. The molecule has 1 aliphatic rings. The highest BCUT2D eigenvalue weighted by atomic mass is 32.2. The van der Waals surface area contributed by atoms with Gasteiger partial charge in [0.1, 0.15) is 0 Å². The second-order valence-corrected chi connectivity index (χ2v) is 7.70. The number of allylic oxidation sites excluding steroid dienone is 2. The number of nitrogens with zero attached hydrogens (tertiary/aromatic N) is 1. The predicted octanol–water partition coefficient (Wildman–Crippen LogP) is 3.26. The Morgan fingerprint density at radius 1 is 1.42 bits per heavy atom. The molecule has 1 aromatic carbocycles. The van der Waals surface area contributed by atoms with E-state index in [-0.39, 0.29) is 29.5 Å². The number of methoxy groups -OCH3 is 1. The van der Waals surface area contributed by atoms with Gasteiger partial charge < -0.3 is 4.74 Å². The molecule has 0 saturated heterocycles. The average molecular weight is 355 g/mol. The number of amides is 1. The number of sulfonamides is 1. The summed E-state index contributed by atoms with van der Waals surface area (Å²) in [5.74, 6) is -1.39. The van der Waals surface area contributed by atoms with Crippen LogP contribution in [0.2, 0.25) is 0 Å². The summed E-state index contributed by atoms with van der Waals surface area (Å²) < 4.78 is 44.7. The first kappa shape index (κ1) is 18.4. The van der Waals surface area contributed by atoms with Crippen LogP contribution in [0, 0.1) is 11.7 Å². The molecule has 2 rings (SSSR count). The van der Waals surface area contributed by atoms with Crippen LogP contribution < -0.4 is 9.04 Å². The van der Waals surface area contributed by atoms with Gasteiger partial charge in [-0.1, -0.05) is 19.1 Å². The Balaban J connectivity index is 2.37. The molecule has 1 amide bonds. The van der Waals surface area contributed by atoms with Gasteiger partial charge in [0.15, 0.2) is 11.6 Å². The zero-order valence-electron chi connectivity index (χ0n) is 13.9. The molecule has 0 fully saturated rings. The third kappa shape index (κ3) is 4.14. The van der Waals surface area contributed by atoms with Gasteiger partial charge in [-0.2, -0.15) is 0 Å². The third-order valence-corrected chi connectivity index (χ3v) is 5.78. The molecule has 0 heterocycles. The highest BCUT2D eigenvalue weighted by Gasteiger charge is 2.30. The van der Waals surface area contributed by atoms with Crippen LogP contribution in [0.3, 0.4) is 0 Å². The normalized spacial score (nSPS) is 17.0. The van der Waals surface area contributed by atoms with Gasteiger partial charge in [-0.25, -0.2) is 17.1 Å². The minimum absolute atomic E-state index is 0.00207. The Morgan fingerprint density at radius 3 is 2.71 bits per heavy atom. The molecule has 132 valence electrons. The second-order valence-electron chi connectivity index (χ2n) is 5.76. The Morgan fingerprint density at radius 2 is 2.17 bits per heavy atom. The lowest BCUT2D eigenvalue weighted by molar-refractivity contribution is -0.118. The highest BCUT2D eigenvalue weighted by Crippen LogP contribution is 2.29. The van der Waals surface area contributed by atoms with Crippen LogP contribution in [0.1, 0.15) is 32.6 Å². The quantitative estimate of drug-likeness (QED) is 0.704. The maximum Gasteiger partial charge on any atom is 0.241 e. The fourth-order valence-corrected chi connectivity index (χ4v) is 4.28. The number of hydrogen-bond donors (Lipinski definition) is 0. The summed E-state index contributed by atoms with van der Waals surface area (Å²) in [5.41, 5.74) is 0.00808. The molecular formula is C17H22FNO4S. The number of ether oxygens (including phenoxy) is 1. The van der Waals surface area contributed by atoms with E-state index in [1.807, 2.05) is 12.2 Å². The zero-order valence-corrected chi connectivity index (χ0v) is 14.7. The van der Waals surface area contributed by atoms with Gasteiger partial charge in [-0.15, -0.1) is 0 Å². The van der Waals surface area contributed by atoms with Crippen molar-refractivity contribution in [1.82, 2.24) is 0 Å². The fraction of sp³-hybridized carbons (Fsp3) is 0.471. The van der Waals surface area contributed by atoms with E-state index < -0.39 is 21.7 Å². The molecule has 1 atom stereocenters. The lowest BCUT2D eigenvalue weighted by Gasteiger charge is -2.24. The predicted molar refractivity (Wildman–Crippen MR) is 91.0 cm³/mol. The van der Waals surface area contributed by atoms with E-state index in [1.165, 1.54) is 19.2 Å². The summed E-state index contributed by atoms with van der Waals surface area (Å²) in [6.45, 7) is 1.72. The van der Waals surface area contributed by atoms with Crippen LogP contribution in [0.15, 0.2) is 30.4 Å². The molecule has 1 aromatic rings. The van der Waals surface area contributed by atoms with Crippen LogP contribution in [0.4, 0.5) is 10.1 Å². The number of halogens is 1. The van der Waals surface area contributed by atoms with Gasteiger partial charge in [0.2, 0.25) is 15.9 Å². The topological polar surface area (TPSA) is 63.7 Å². The first-order valence-electron chi connectivity index (χ1n) is 7.95. The Hall–Kier alpha value is -1.89. The number of hydrogen-bond acceptors (Lipinski definition) is 4. The highest BCUT2D eigenvalue weighted by molar-refractivity contribution is 7.93. The summed E-state index contributed by atoms with van der Waals surface area (Å²) >= 11 is 0. The molecule has 0 N–H and O–H groups in total. The second kappa shape index (κ2) is 7.79. The number of rotatable bonds is 7. The van der Waals surface area contributed by atoms with E-state index in [0.29, 0.717) is 6.42 Å². The first-order chi connectivity index (χ1) is 11.4. The van der Waals surface area contributed by atoms with Crippen molar-refractivity contribution in [3.63, 3.8) is 0 Å². The van der Waals surface area contributed by atoms with Gasteiger partial charge in [0.05, 0.1) is 18.6 Å². The van der Waals surface area contributed by atoms with Gasteiger partial charge in [-0.05, 0) is 37.3 Å². The van der Waals surface area contributed by atoms with Gasteiger partial charge in [0, 0.05) is 12.5 Å². The fourth-order valence-electron chi connectivity index (χ4n) is 2.76. The van der Waals surface area contributed by atoms with E-state index >= 15 is 0 Å². The lowest BCUT2D eigenvalue weighted by atomic mass is 10.1. The molecule has 0 aromatic heterocycles. The van der Waals surface area contributed by atoms with Crippen molar-refractivity contribution in [3.8, 4) is 5.75 Å². The van der Waals surface area contributed by atoms with Gasteiger partial charge >= 0.3 is 0 Å². The molecule has 0 bridgehead atoms. The van der Waals surface area contributed by atoms with E-state index in [9.17, 15) is 17.6 Å². The molecule has 1 unspecified atom stereocenters. The van der Waals surface area contributed by atoms with Gasteiger partial charge in [0.25, 0.3) is 0 Å². The van der Waals surface area contributed by atoms with Crippen LogP contribution in [0.5, 0.6) is 5.75 Å². The molecule has 0 radical (unpaired) electrons. The smallest absolute Gasteiger partial charge is 0.241 e. The minimum atomic E-state index is -3.85. The van der Waals surface area contributed by atoms with Crippen molar-refractivity contribution in [2.75, 3.05) is 17.2 Å². The zero-order chi connectivity index (χ0) is 17.7. The average Bonchev–Trinajstić information content (AvgIpc) is 3.00. The summed E-state index contributed by atoms with van der Waals surface area (Å²) in [5, 5.41) is 0. The summed E-state index contributed by atoms with van der Waals surface area (Å²) in [7, 11) is -2.53. The molecule has 1 aliphatic carbocycles. The maximum atomic E-state index is 14.0. The Bertz CT molecular complexity index is 730. The minimum Gasteiger partial charge on any atom is -0.494 e. The van der Waals surface area contributed by atoms with E-state index in [2.05, 4.69) is 0 Å². The summed E-state index contributed by atoms with van der Waals surface area (Å²) in [6.07, 6.45) is 6.08.